The maximum Gasteiger partial charge on any atom is 0.328 e. The van der Waals surface area contributed by atoms with Crippen LogP contribution in [0.5, 0.6) is 0 Å². The van der Waals surface area contributed by atoms with Gasteiger partial charge in [-0.05, 0) is 35.9 Å². The van der Waals surface area contributed by atoms with Crippen molar-refractivity contribution in [2.75, 3.05) is 12.4 Å². The summed E-state index contributed by atoms with van der Waals surface area (Å²) in [5.41, 5.74) is 4.14. The zero-order valence-corrected chi connectivity index (χ0v) is 18.5. The van der Waals surface area contributed by atoms with E-state index in [1.54, 1.807) is 24.7 Å². The molecule has 5 aromatic rings. The molecule has 1 unspecified atom stereocenters. The van der Waals surface area contributed by atoms with Crippen molar-refractivity contribution in [3.63, 3.8) is 0 Å². The number of H-pyrrole nitrogens is 1. The molecule has 0 radical (unpaired) electrons. The molecule has 1 aromatic carbocycles. The van der Waals surface area contributed by atoms with Crippen molar-refractivity contribution in [1.29, 1.82) is 0 Å². The molecule has 1 atom stereocenters. The predicted molar refractivity (Wildman–Crippen MR) is 130 cm³/mol. The van der Waals surface area contributed by atoms with Gasteiger partial charge in [0.05, 0.1) is 12.8 Å². The molecule has 0 aliphatic carbocycles. The van der Waals surface area contributed by atoms with Crippen molar-refractivity contribution >= 4 is 22.7 Å². The van der Waals surface area contributed by atoms with Crippen LogP contribution >= 0.6 is 0 Å². The number of para-hydroxylation sites is 1. The van der Waals surface area contributed by atoms with E-state index >= 15 is 0 Å². The average molecular weight is 451 g/mol. The van der Waals surface area contributed by atoms with E-state index in [0.29, 0.717) is 29.5 Å². The molecule has 0 aliphatic rings. The van der Waals surface area contributed by atoms with Gasteiger partial charge in [0.1, 0.15) is 17.6 Å². The first-order valence-electron chi connectivity index (χ1n) is 10.8. The largest absolute Gasteiger partial charge is 0.467 e. The van der Waals surface area contributed by atoms with Gasteiger partial charge >= 0.3 is 5.97 Å². The molecule has 0 fully saturated rings. The first-order valence-corrected chi connectivity index (χ1v) is 10.8. The van der Waals surface area contributed by atoms with Crippen LogP contribution in [0.2, 0.25) is 0 Å². The third kappa shape index (κ3) is 4.47. The maximum absolute atomic E-state index is 12.7. The number of esters is 1. The molecular formula is C26H22N6O2. The number of benzene rings is 1. The Kier molecular flexibility index (Phi) is 5.94. The normalized spacial score (nSPS) is 11.8. The van der Waals surface area contributed by atoms with Crippen LogP contribution in [-0.4, -0.2) is 44.0 Å². The predicted octanol–water partition coefficient (Wildman–Crippen LogP) is 4.28. The molecule has 4 heterocycles. The molecule has 0 saturated carbocycles. The minimum atomic E-state index is -0.655. The van der Waals surface area contributed by atoms with Gasteiger partial charge in [0, 0.05) is 53.7 Å². The second kappa shape index (κ2) is 9.50. The van der Waals surface area contributed by atoms with Crippen LogP contribution in [0.25, 0.3) is 33.7 Å². The van der Waals surface area contributed by atoms with Gasteiger partial charge in [-0.1, -0.05) is 24.3 Å². The number of carbonyl (C=O) groups is 1. The highest BCUT2D eigenvalue weighted by atomic mass is 16.5. The number of nitrogens with zero attached hydrogens (tertiary/aromatic N) is 4. The third-order valence-electron chi connectivity index (χ3n) is 5.48. The molecule has 0 bridgehead atoms. The molecule has 5 rings (SSSR count). The monoisotopic (exact) mass is 450 g/mol. The highest BCUT2D eigenvalue weighted by Gasteiger charge is 2.23. The molecule has 2 N–H and O–H groups in total. The van der Waals surface area contributed by atoms with Gasteiger partial charge in [0.15, 0.2) is 5.82 Å². The number of nitrogens with one attached hydrogen (secondary N) is 2. The Morgan fingerprint density at radius 1 is 1.03 bits per heavy atom. The lowest BCUT2D eigenvalue weighted by atomic mass is 10.0. The summed E-state index contributed by atoms with van der Waals surface area (Å²) >= 11 is 0. The number of methoxy groups -OCH3 is 1. The smallest absolute Gasteiger partial charge is 0.328 e. The Bertz CT molecular complexity index is 1360. The highest BCUT2D eigenvalue weighted by molar-refractivity contribution is 5.85. The minimum absolute atomic E-state index is 0.383. The van der Waals surface area contributed by atoms with E-state index in [0.717, 1.165) is 22.0 Å². The molecule has 0 amide bonds. The van der Waals surface area contributed by atoms with Crippen molar-refractivity contribution in [2.24, 2.45) is 0 Å². The maximum atomic E-state index is 12.7. The standard InChI is InChI=1S/C26H22N6O2/c1-34-26(33)23(13-18-16-29-20-9-3-2-8-19(18)20)30-24-14-22(17-7-6-11-27-15-17)31-25(32-24)21-10-4-5-12-28-21/h2-12,14-16,23,29H,13H2,1H3,(H,30,31,32). The number of anilines is 1. The first-order chi connectivity index (χ1) is 16.7. The zero-order chi connectivity index (χ0) is 23.3. The van der Waals surface area contributed by atoms with Crippen LogP contribution in [0.1, 0.15) is 5.56 Å². The van der Waals surface area contributed by atoms with Crippen LogP contribution in [0, 0.1) is 0 Å². The summed E-state index contributed by atoms with van der Waals surface area (Å²) in [6.07, 6.45) is 7.47. The minimum Gasteiger partial charge on any atom is -0.467 e. The van der Waals surface area contributed by atoms with E-state index in [9.17, 15) is 4.79 Å². The Balaban J connectivity index is 1.53. The Labute approximate surface area is 196 Å². The van der Waals surface area contributed by atoms with Gasteiger partial charge in [-0.2, -0.15) is 0 Å². The number of aromatic nitrogens is 5. The molecule has 168 valence electrons. The van der Waals surface area contributed by atoms with Gasteiger partial charge in [-0.15, -0.1) is 0 Å². The van der Waals surface area contributed by atoms with Crippen molar-refractivity contribution < 1.29 is 9.53 Å². The van der Waals surface area contributed by atoms with Crippen molar-refractivity contribution in [1.82, 2.24) is 24.9 Å². The summed E-state index contributed by atoms with van der Waals surface area (Å²) < 4.78 is 5.10. The Morgan fingerprint density at radius 2 is 1.91 bits per heavy atom. The summed E-state index contributed by atoms with van der Waals surface area (Å²) in [6, 6.07) is 18.4. The summed E-state index contributed by atoms with van der Waals surface area (Å²) in [5.74, 6) is 0.552. The second-order valence-electron chi connectivity index (χ2n) is 7.70. The number of ether oxygens (including phenoxy) is 1. The number of carbonyl (C=O) groups excluding carboxylic acids is 1. The van der Waals surface area contributed by atoms with Crippen LogP contribution in [-0.2, 0) is 16.0 Å². The fourth-order valence-electron chi connectivity index (χ4n) is 3.83. The number of rotatable bonds is 7. The van der Waals surface area contributed by atoms with E-state index in [-0.39, 0.29) is 5.97 Å². The second-order valence-corrected chi connectivity index (χ2v) is 7.70. The average Bonchev–Trinajstić information content (AvgIpc) is 3.31. The lowest BCUT2D eigenvalue weighted by molar-refractivity contribution is -0.141. The Morgan fingerprint density at radius 3 is 2.71 bits per heavy atom. The zero-order valence-electron chi connectivity index (χ0n) is 18.5. The van der Waals surface area contributed by atoms with Crippen LogP contribution < -0.4 is 5.32 Å². The van der Waals surface area contributed by atoms with Crippen LogP contribution in [0.4, 0.5) is 5.82 Å². The highest BCUT2D eigenvalue weighted by Crippen LogP contribution is 2.25. The van der Waals surface area contributed by atoms with E-state index in [4.69, 9.17) is 4.74 Å². The third-order valence-corrected chi connectivity index (χ3v) is 5.48. The van der Waals surface area contributed by atoms with Crippen LogP contribution in [0.3, 0.4) is 0 Å². The first kappa shape index (κ1) is 21.3. The van der Waals surface area contributed by atoms with E-state index in [2.05, 4.69) is 30.2 Å². The molecular weight excluding hydrogens is 428 g/mol. The summed E-state index contributed by atoms with van der Waals surface area (Å²) in [5, 5.41) is 4.33. The molecule has 0 spiro atoms. The fraction of sp³-hybridized carbons (Fsp3) is 0.115. The van der Waals surface area contributed by atoms with E-state index in [1.165, 1.54) is 7.11 Å². The van der Waals surface area contributed by atoms with Gasteiger partial charge in [0.2, 0.25) is 0 Å². The molecule has 34 heavy (non-hydrogen) atoms. The molecule has 0 saturated heterocycles. The summed E-state index contributed by atoms with van der Waals surface area (Å²) in [4.78, 5) is 33.9. The number of hydrogen-bond donors (Lipinski definition) is 2. The lowest BCUT2D eigenvalue weighted by Gasteiger charge is -2.18. The van der Waals surface area contributed by atoms with Crippen molar-refractivity contribution in [3.8, 4) is 22.8 Å². The fourth-order valence-corrected chi connectivity index (χ4v) is 3.83. The van der Waals surface area contributed by atoms with E-state index < -0.39 is 6.04 Å². The molecule has 0 aliphatic heterocycles. The number of hydrogen-bond acceptors (Lipinski definition) is 7. The van der Waals surface area contributed by atoms with Crippen molar-refractivity contribution in [3.05, 3.63) is 91.0 Å². The molecule has 8 nitrogen and oxygen atoms in total. The SMILES string of the molecule is COC(=O)C(Cc1c[nH]c2ccccc12)Nc1cc(-c2cccnc2)nc(-c2ccccn2)n1. The topological polar surface area (TPSA) is 106 Å². The molecule has 4 aromatic heterocycles. The summed E-state index contributed by atoms with van der Waals surface area (Å²) in [6.45, 7) is 0. The Hall–Kier alpha value is -4.59. The molecule has 8 heteroatoms. The lowest BCUT2D eigenvalue weighted by Crippen LogP contribution is -2.33. The van der Waals surface area contributed by atoms with Crippen molar-refractivity contribution in [2.45, 2.75) is 12.5 Å². The van der Waals surface area contributed by atoms with E-state index in [1.807, 2.05) is 60.8 Å². The van der Waals surface area contributed by atoms with Crippen LogP contribution in [0.15, 0.2) is 85.5 Å². The number of aromatic amines is 1. The quantitative estimate of drug-likeness (QED) is 0.357. The van der Waals surface area contributed by atoms with Gasteiger partial charge in [-0.3, -0.25) is 9.97 Å². The number of fused-ring (bicyclic) bond motifs is 1. The van der Waals surface area contributed by atoms with Gasteiger partial charge < -0.3 is 15.0 Å². The summed E-state index contributed by atoms with van der Waals surface area (Å²) in [7, 11) is 1.38. The number of pyridine rings is 2. The van der Waals surface area contributed by atoms with Gasteiger partial charge in [-0.25, -0.2) is 14.8 Å². The van der Waals surface area contributed by atoms with Gasteiger partial charge in [0.25, 0.3) is 0 Å².